The number of carbonyl (C=O) groups excluding carboxylic acids is 1. The van der Waals surface area contributed by atoms with Gasteiger partial charge in [0.15, 0.2) is 0 Å². The third-order valence-corrected chi connectivity index (χ3v) is 5.17. The molecular weight excluding hydrogens is 381 g/mol. The number of hydrogen-bond acceptors (Lipinski definition) is 7. The fourth-order valence-electron chi connectivity index (χ4n) is 2.88. The summed E-state index contributed by atoms with van der Waals surface area (Å²) in [4.78, 5) is 29.4. The molecule has 0 unspecified atom stereocenters. The smallest absolute Gasteiger partial charge is 0.273 e. The van der Waals surface area contributed by atoms with Crippen LogP contribution >= 0.6 is 11.3 Å². The minimum atomic E-state index is -0.312. The Labute approximate surface area is 165 Å². The monoisotopic (exact) mass is 399 g/mol. The summed E-state index contributed by atoms with van der Waals surface area (Å²) in [6.07, 6.45) is 3.43. The summed E-state index contributed by atoms with van der Waals surface area (Å²) in [6, 6.07) is 7.58. The number of aromatic nitrogens is 3. The third kappa shape index (κ3) is 4.25. The molecule has 4 rings (SSSR count). The van der Waals surface area contributed by atoms with Crippen LogP contribution in [0.2, 0.25) is 0 Å². The van der Waals surface area contributed by atoms with Gasteiger partial charge in [0.2, 0.25) is 5.95 Å². The molecule has 3 heterocycles. The third-order valence-electron chi connectivity index (χ3n) is 4.35. The zero-order valence-corrected chi connectivity index (χ0v) is 15.8. The maximum atomic E-state index is 12.9. The molecule has 0 spiro atoms. The van der Waals surface area contributed by atoms with Crippen molar-refractivity contribution in [3.63, 3.8) is 0 Å². The van der Waals surface area contributed by atoms with Crippen molar-refractivity contribution in [2.45, 2.75) is 6.61 Å². The van der Waals surface area contributed by atoms with Gasteiger partial charge in [-0.2, -0.15) is 0 Å². The molecule has 1 saturated heterocycles. The van der Waals surface area contributed by atoms with E-state index in [9.17, 15) is 9.18 Å². The topological polar surface area (TPSA) is 71.5 Å². The van der Waals surface area contributed by atoms with Gasteiger partial charge >= 0.3 is 0 Å². The second kappa shape index (κ2) is 8.30. The maximum absolute atomic E-state index is 12.9. The van der Waals surface area contributed by atoms with Gasteiger partial charge in [-0.3, -0.25) is 4.79 Å². The molecule has 7 nitrogen and oxygen atoms in total. The first-order valence-electron chi connectivity index (χ1n) is 8.83. The van der Waals surface area contributed by atoms with E-state index in [1.165, 1.54) is 23.5 Å². The van der Waals surface area contributed by atoms with Gasteiger partial charge in [-0.1, -0.05) is 0 Å². The number of halogens is 1. The summed E-state index contributed by atoms with van der Waals surface area (Å²) in [5, 5.41) is 2.45. The van der Waals surface area contributed by atoms with Crippen LogP contribution in [-0.4, -0.2) is 51.9 Å². The van der Waals surface area contributed by atoms with Gasteiger partial charge in [0.1, 0.15) is 28.9 Å². The number of rotatable bonds is 5. The number of anilines is 1. The van der Waals surface area contributed by atoms with E-state index < -0.39 is 0 Å². The SMILES string of the molecule is O=C(c1csc(COc2ccc(F)cc2)n1)N1CCN(c2ncccn2)CC1. The highest BCUT2D eigenvalue weighted by Gasteiger charge is 2.24. The first-order chi connectivity index (χ1) is 13.7. The predicted octanol–water partition coefficient (Wildman–Crippen LogP) is 2.61. The Morgan fingerprint density at radius 1 is 1.11 bits per heavy atom. The number of nitrogens with zero attached hydrogens (tertiary/aromatic N) is 5. The summed E-state index contributed by atoms with van der Waals surface area (Å²) in [5.74, 6) is 0.846. The molecule has 1 fully saturated rings. The molecule has 0 saturated carbocycles. The largest absolute Gasteiger partial charge is 0.486 e. The highest BCUT2D eigenvalue weighted by Crippen LogP contribution is 2.18. The second-order valence-corrected chi connectivity index (χ2v) is 7.14. The standard InChI is InChI=1S/C19H18FN5O2S/c20-14-2-4-15(5-3-14)27-12-17-23-16(13-28-17)18(26)24-8-10-25(11-9-24)19-21-6-1-7-22-19/h1-7,13H,8-12H2. The lowest BCUT2D eigenvalue weighted by Crippen LogP contribution is -2.49. The van der Waals surface area contributed by atoms with Crippen LogP contribution in [0.5, 0.6) is 5.75 Å². The Balaban J connectivity index is 1.31. The first-order valence-corrected chi connectivity index (χ1v) is 9.71. The predicted molar refractivity (Wildman–Crippen MR) is 103 cm³/mol. The Morgan fingerprint density at radius 2 is 1.82 bits per heavy atom. The molecule has 9 heteroatoms. The molecule has 0 atom stereocenters. The van der Waals surface area contributed by atoms with Crippen molar-refractivity contribution in [2.24, 2.45) is 0 Å². The van der Waals surface area contributed by atoms with Crippen molar-refractivity contribution in [2.75, 3.05) is 31.1 Å². The van der Waals surface area contributed by atoms with E-state index in [1.807, 2.05) is 0 Å². The number of thiazole rings is 1. The number of ether oxygens (including phenoxy) is 1. The van der Waals surface area contributed by atoms with Crippen molar-refractivity contribution < 1.29 is 13.9 Å². The number of piperazine rings is 1. The normalized spacial score (nSPS) is 14.2. The van der Waals surface area contributed by atoms with Crippen LogP contribution in [0.1, 0.15) is 15.5 Å². The van der Waals surface area contributed by atoms with E-state index in [2.05, 4.69) is 19.9 Å². The van der Waals surface area contributed by atoms with Gasteiger partial charge in [0.05, 0.1) is 0 Å². The molecule has 1 aromatic carbocycles. The molecule has 0 N–H and O–H groups in total. The van der Waals surface area contributed by atoms with Crippen molar-refractivity contribution in [1.82, 2.24) is 19.9 Å². The summed E-state index contributed by atoms with van der Waals surface area (Å²) >= 11 is 1.37. The van der Waals surface area contributed by atoms with E-state index in [0.717, 1.165) is 0 Å². The number of benzene rings is 1. The van der Waals surface area contributed by atoms with Gasteiger partial charge in [0.25, 0.3) is 5.91 Å². The van der Waals surface area contributed by atoms with Crippen molar-refractivity contribution in [3.8, 4) is 5.75 Å². The van der Waals surface area contributed by atoms with Gasteiger partial charge in [-0.25, -0.2) is 19.3 Å². The number of carbonyl (C=O) groups is 1. The molecule has 2 aromatic heterocycles. The van der Waals surface area contributed by atoms with Crippen molar-refractivity contribution in [3.05, 3.63) is 64.6 Å². The zero-order chi connectivity index (χ0) is 19.3. The van der Waals surface area contributed by atoms with Crippen LogP contribution in [0.25, 0.3) is 0 Å². The average Bonchev–Trinajstić information content (AvgIpc) is 3.23. The minimum Gasteiger partial charge on any atom is -0.486 e. The molecule has 1 aliphatic heterocycles. The quantitative estimate of drug-likeness (QED) is 0.657. The molecular formula is C19H18FN5O2S. The van der Waals surface area contributed by atoms with E-state index in [1.54, 1.807) is 40.9 Å². The van der Waals surface area contributed by atoms with Crippen LogP contribution < -0.4 is 9.64 Å². The Morgan fingerprint density at radius 3 is 2.54 bits per heavy atom. The zero-order valence-electron chi connectivity index (χ0n) is 15.0. The molecule has 144 valence electrons. The summed E-state index contributed by atoms with van der Waals surface area (Å²) in [5.41, 5.74) is 0.423. The summed E-state index contributed by atoms with van der Waals surface area (Å²) in [7, 11) is 0. The lowest BCUT2D eigenvalue weighted by molar-refractivity contribution is 0.0740. The van der Waals surface area contributed by atoms with Crippen LogP contribution in [0.4, 0.5) is 10.3 Å². The van der Waals surface area contributed by atoms with Crippen molar-refractivity contribution in [1.29, 1.82) is 0 Å². The van der Waals surface area contributed by atoms with Crippen LogP contribution in [0.15, 0.2) is 48.1 Å². The molecule has 28 heavy (non-hydrogen) atoms. The summed E-state index contributed by atoms with van der Waals surface area (Å²) in [6.45, 7) is 2.79. The fourth-order valence-corrected chi connectivity index (χ4v) is 3.56. The Kier molecular flexibility index (Phi) is 5.43. The van der Waals surface area contributed by atoms with Crippen LogP contribution in [-0.2, 0) is 6.61 Å². The van der Waals surface area contributed by atoms with Gasteiger partial charge in [-0.15, -0.1) is 11.3 Å². The van der Waals surface area contributed by atoms with Crippen LogP contribution in [0.3, 0.4) is 0 Å². The summed E-state index contributed by atoms with van der Waals surface area (Å²) < 4.78 is 18.5. The van der Waals surface area contributed by atoms with Gasteiger partial charge in [0, 0.05) is 44.0 Å². The maximum Gasteiger partial charge on any atom is 0.273 e. The van der Waals surface area contributed by atoms with E-state index in [0.29, 0.717) is 48.6 Å². The molecule has 1 amide bonds. The second-order valence-electron chi connectivity index (χ2n) is 6.20. The molecule has 0 aliphatic carbocycles. The lowest BCUT2D eigenvalue weighted by Gasteiger charge is -2.34. The molecule has 1 aliphatic rings. The molecule has 0 bridgehead atoms. The van der Waals surface area contributed by atoms with Crippen molar-refractivity contribution >= 4 is 23.2 Å². The average molecular weight is 399 g/mol. The molecule has 0 radical (unpaired) electrons. The van der Waals surface area contributed by atoms with Gasteiger partial charge in [-0.05, 0) is 30.3 Å². The minimum absolute atomic E-state index is 0.0853. The number of amides is 1. The Hall–Kier alpha value is -3.07. The highest BCUT2D eigenvalue weighted by atomic mass is 32.1. The Bertz CT molecular complexity index is 927. The van der Waals surface area contributed by atoms with E-state index in [-0.39, 0.29) is 18.3 Å². The molecule has 3 aromatic rings. The van der Waals surface area contributed by atoms with E-state index in [4.69, 9.17) is 4.74 Å². The first kappa shape index (κ1) is 18.3. The van der Waals surface area contributed by atoms with E-state index >= 15 is 0 Å². The van der Waals surface area contributed by atoms with Crippen LogP contribution in [0, 0.1) is 5.82 Å². The lowest BCUT2D eigenvalue weighted by atomic mass is 10.3. The number of hydrogen-bond donors (Lipinski definition) is 0. The van der Waals surface area contributed by atoms with Gasteiger partial charge < -0.3 is 14.5 Å². The fraction of sp³-hybridized carbons (Fsp3) is 0.263. The highest BCUT2D eigenvalue weighted by molar-refractivity contribution is 7.09.